The fraction of sp³-hybridized carbons (Fsp3) is 0.0769. The van der Waals surface area contributed by atoms with Gasteiger partial charge >= 0.3 is 5.97 Å². The molecular weight excluding hydrogens is 271 g/mol. The first kappa shape index (κ1) is 13.3. The molecule has 2 N–H and O–H groups in total. The molecule has 0 atom stereocenters. The summed E-state index contributed by atoms with van der Waals surface area (Å²) in [5, 5.41) is 12.0. The lowest BCUT2D eigenvalue weighted by Crippen LogP contribution is -2.05. The zero-order valence-corrected chi connectivity index (χ0v) is 10.7. The highest BCUT2D eigenvalue weighted by Gasteiger charge is 2.15. The van der Waals surface area contributed by atoms with Gasteiger partial charge in [0.15, 0.2) is 11.6 Å². The maximum Gasteiger partial charge on any atom is 0.338 e. The van der Waals surface area contributed by atoms with E-state index in [0.29, 0.717) is 10.7 Å². The second-order valence-corrected chi connectivity index (χ2v) is 4.32. The number of carboxylic acids is 1. The molecule has 19 heavy (non-hydrogen) atoms. The minimum atomic E-state index is -1.34. The first-order valence-electron chi connectivity index (χ1n) is 5.40. The fourth-order valence-electron chi connectivity index (χ4n) is 1.50. The molecule has 2 aromatic rings. The molecule has 6 heteroatoms. The maximum atomic E-state index is 13.8. The zero-order chi connectivity index (χ0) is 14.0. The van der Waals surface area contributed by atoms with Crippen LogP contribution in [0.2, 0.25) is 5.02 Å². The van der Waals surface area contributed by atoms with Crippen LogP contribution < -0.4 is 5.32 Å². The van der Waals surface area contributed by atoms with E-state index in [0.717, 1.165) is 11.6 Å². The predicted molar refractivity (Wildman–Crippen MR) is 70.6 cm³/mol. The molecule has 4 nitrogen and oxygen atoms in total. The average molecular weight is 281 g/mol. The molecule has 2 rings (SSSR count). The van der Waals surface area contributed by atoms with Crippen molar-refractivity contribution < 1.29 is 14.3 Å². The number of benzene rings is 1. The van der Waals surface area contributed by atoms with Crippen molar-refractivity contribution in [2.24, 2.45) is 0 Å². The smallest absolute Gasteiger partial charge is 0.338 e. The Morgan fingerprint density at radius 3 is 2.79 bits per heavy atom. The van der Waals surface area contributed by atoms with Gasteiger partial charge in [0.2, 0.25) is 0 Å². The lowest BCUT2D eigenvalue weighted by Gasteiger charge is -2.09. The lowest BCUT2D eigenvalue weighted by atomic mass is 10.2. The third kappa shape index (κ3) is 2.82. The SMILES string of the molecule is Cc1ccc(Nc2nccc(C(=O)O)c2F)cc1Cl. The van der Waals surface area contributed by atoms with Crippen LogP contribution in [0.1, 0.15) is 15.9 Å². The van der Waals surface area contributed by atoms with E-state index in [1.807, 2.05) is 6.92 Å². The number of aromatic carboxylic acids is 1. The topological polar surface area (TPSA) is 62.2 Å². The van der Waals surface area contributed by atoms with Gasteiger partial charge in [-0.2, -0.15) is 0 Å². The number of carbonyl (C=O) groups is 1. The summed E-state index contributed by atoms with van der Waals surface area (Å²) in [6.45, 7) is 1.84. The molecule has 0 aliphatic rings. The first-order chi connectivity index (χ1) is 8.99. The summed E-state index contributed by atoms with van der Waals surface area (Å²) in [5.74, 6) is -2.41. The second kappa shape index (κ2) is 5.24. The van der Waals surface area contributed by atoms with Crippen molar-refractivity contribution in [1.29, 1.82) is 0 Å². The van der Waals surface area contributed by atoms with E-state index >= 15 is 0 Å². The van der Waals surface area contributed by atoms with Crippen LogP contribution in [0.5, 0.6) is 0 Å². The summed E-state index contributed by atoms with van der Waals surface area (Å²) < 4.78 is 13.8. The average Bonchev–Trinajstić information content (AvgIpc) is 2.36. The van der Waals surface area contributed by atoms with Crippen molar-refractivity contribution in [3.8, 4) is 0 Å². The number of rotatable bonds is 3. The molecule has 1 aromatic heterocycles. The van der Waals surface area contributed by atoms with Gasteiger partial charge in [0, 0.05) is 16.9 Å². The number of pyridine rings is 1. The van der Waals surface area contributed by atoms with Crippen molar-refractivity contribution in [3.63, 3.8) is 0 Å². The van der Waals surface area contributed by atoms with E-state index in [4.69, 9.17) is 16.7 Å². The highest BCUT2D eigenvalue weighted by atomic mass is 35.5. The van der Waals surface area contributed by atoms with Crippen molar-refractivity contribution in [3.05, 3.63) is 52.4 Å². The van der Waals surface area contributed by atoms with Gasteiger partial charge in [-0.1, -0.05) is 17.7 Å². The molecule has 1 heterocycles. The third-order valence-corrected chi connectivity index (χ3v) is 2.96. The predicted octanol–water partition coefficient (Wildman–Crippen LogP) is 3.62. The maximum absolute atomic E-state index is 13.8. The number of hydrogen-bond donors (Lipinski definition) is 2. The quantitative estimate of drug-likeness (QED) is 0.901. The van der Waals surface area contributed by atoms with E-state index in [9.17, 15) is 9.18 Å². The monoisotopic (exact) mass is 280 g/mol. The Kier molecular flexibility index (Phi) is 3.66. The van der Waals surface area contributed by atoms with Gasteiger partial charge in [-0.3, -0.25) is 0 Å². The molecule has 0 bridgehead atoms. The summed E-state index contributed by atoms with van der Waals surface area (Å²) in [6, 6.07) is 6.19. The molecule has 0 aliphatic heterocycles. The minimum Gasteiger partial charge on any atom is -0.478 e. The molecule has 0 spiro atoms. The minimum absolute atomic E-state index is 0.153. The molecule has 0 saturated heterocycles. The van der Waals surface area contributed by atoms with Crippen LogP contribution in [-0.4, -0.2) is 16.1 Å². The van der Waals surface area contributed by atoms with Gasteiger partial charge in [0.25, 0.3) is 0 Å². The number of carboxylic acid groups (broad SMARTS) is 1. The van der Waals surface area contributed by atoms with E-state index in [1.54, 1.807) is 18.2 Å². The molecule has 0 amide bonds. The van der Waals surface area contributed by atoms with Gasteiger partial charge in [-0.15, -0.1) is 0 Å². The van der Waals surface area contributed by atoms with Crippen molar-refractivity contribution in [2.75, 3.05) is 5.32 Å². The largest absolute Gasteiger partial charge is 0.478 e. The number of aromatic nitrogens is 1. The van der Waals surface area contributed by atoms with Crippen LogP contribution in [0, 0.1) is 12.7 Å². The molecule has 0 fully saturated rings. The van der Waals surface area contributed by atoms with Crippen LogP contribution in [0.3, 0.4) is 0 Å². The van der Waals surface area contributed by atoms with E-state index < -0.39 is 17.3 Å². The van der Waals surface area contributed by atoms with Crippen molar-refractivity contribution in [2.45, 2.75) is 6.92 Å². The Bertz CT molecular complexity index is 647. The second-order valence-electron chi connectivity index (χ2n) is 3.92. The van der Waals surface area contributed by atoms with Gasteiger partial charge in [0.05, 0.1) is 0 Å². The zero-order valence-electron chi connectivity index (χ0n) is 9.95. The highest BCUT2D eigenvalue weighted by molar-refractivity contribution is 6.31. The Balaban J connectivity index is 2.35. The molecule has 0 unspecified atom stereocenters. The number of nitrogens with zero attached hydrogens (tertiary/aromatic N) is 1. The van der Waals surface area contributed by atoms with Crippen molar-refractivity contribution >= 4 is 29.1 Å². The first-order valence-corrected chi connectivity index (χ1v) is 5.78. The van der Waals surface area contributed by atoms with Crippen LogP contribution in [0.15, 0.2) is 30.5 Å². The van der Waals surface area contributed by atoms with Crippen LogP contribution in [0.25, 0.3) is 0 Å². The summed E-state index contributed by atoms with van der Waals surface area (Å²) >= 11 is 5.95. The molecule has 0 radical (unpaired) electrons. The molecule has 1 aromatic carbocycles. The van der Waals surface area contributed by atoms with E-state index in [2.05, 4.69) is 10.3 Å². The third-order valence-electron chi connectivity index (χ3n) is 2.55. The molecule has 0 saturated carbocycles. The Morgan fingerprint density at radius 1 is 1.42 bits per heavy atom. The van der Waals surface area contributed by atoms with E-state index in [1.165, 1.54) is 6.20 Å². The van der Waals surface area contributed by atoms with Crippen LogP contribution in [0.4, 0.5) is 15.9 Å². The molecule has 98 valence electrons. The summed E-state index contributed by atoms with van der Waals surface area (Å²) in [7, 11) is 0. The van der Waals surface area contributed by atoms with Gasteiger partial charge < -0.3 is 10.4 Å². The molecular formula is C13H10ClFN2O2. The van der Waals surface area contributed by atoms with Gasteiger partial charge in [-0.05, 0) is 30.7 Å². The standard InChI is InChI=1S/C13H10ClFN2O2/c1-7-2-3-8(6-10(7)14)17-12-11(15)9(13(18)19)4-5-16-12/h2-6H,1H3,(H,16,17)(H,18,19). The molecule has 0 aliphatic carbocycles. The Morgan fingerprint density at radius 2 is 2.16 bits per heavy atom. The summed E-state index contributed by atoms with van der Waals surface area (Å²) in [6.07, 6.45) is 1.23. The fourth-order valence-corrected chi connectivity index (χ4v) is 1.68. The number of nitrogens with one attached hydrogen (secondary N) is 1. The Hall–Kier alpha value is -2.14. The lowest BCUT2D eigenvalue weighted by molar-refractivity contribution is 0.0692. The van der Waals surface area contributed by atoms with Gasteiger partial charge in [0.1, 0.15) is 5.56 Å². The summed E-state index contributed by atoms with van der Waals surface area (Å²) in [5.41, 5.74) is 0.986. The van der Waals surface area contributed by atoms with Crippen LogP contribution >= 0.6 is 11.6 Å². The summed E-state index contributed by atoms with van der Waals surface area (Å²) in [4.78, 5) is 14.6. The normalized spacial score (nSPS) is 10.3. The highest BCUT2D eigenvalue weighted by Crippen LogP contribution is 2.24. The van der Waals surface area contributed by atoms with Crippen molar-refractivity contribution in [1.82, 2.24) is 4.98 Å². The van der Waals surface area contributed by atoms with Gasteiger partial charge in [-0.25, -0.2) is 14.2 Å². The number of aryl methyl sites for hydroxylation is 1. The number of hydrogen-bond acceptors (Lipinski definition) is 3. The number of halogens is 2. The number of anilines is 2. The van der Waals surface area contributed by atoms with Crippen LogP contribution in [-0.2, 0) is 0 Å². The Labute approximate surface area is 113 Å². The van der Waals surface area contributed by atoms with E-state index in [-0.39, 0.29) is 5.82 Å².